The summed E-state index contributed by atoms with van der Waals surface area (Å²) in [5, 5.41) is 0.863. The molecule has 1 aromatic carbocycles. The maximum absolute atomic E-state index is 12.9. The first-order valence-corrected chi connectivity index (χ1v) is 9.96. The van der Waals surface area contributed by atoms with E-state index in [0.29, 0.717) is 18.7 Å². The van der Waals surface area contributed by atoms with Crippen molar-refractivity contribution in [3.8, 4) is 0 Å². The molecule has 0 bridgehead atoms. The van der Waals surface area contributed by atoms with Gasteiger partial charge in [0.25, 0.3) is 10.0 Å². The third-order valence-corrected chi connectivity index (χ3v) is 6.93. The highest BCUT2D eigenvalue weighted by Gasteiger charge is 2.37. The molecule has 1 aromatic heterocycles. The Morgan fingerprint density at radius 1 is 1.08 bits per heavy atom. The van der Waals surface area contributed by atoms with Crippen LogP contribution in [0.5, 0.6) is 0 Å². The molecular formula is C17H23N3O3S. The Morgan fingerprint density at radius 2 is 1.83 bits per heavy atom. The number of nitrogens with two attached hydrogens (primary N) is 1. The Labute approximate surface area is 142 Å². The van der Waals surface area contributed by atoms with Gasteiger partial charge in [0, 0.05) is 36.6 Å². The van der Waals surface area contributed by atoms with Crippen LogP contribution in [-0.4, -0.2) is 55.9 Å². The van der Waals surface area contributed by atoms with Gasteiger partial charge in [0.1, 0.15) is 5.58 Å². The van der Waals surface area contributed by atoms with Gasteiger partial charge in [0.2, 0.25) is 5.09 Å². The van der Waals surface area contributed by atoms with E-state index in [1.54, 1.807) is 16.4 Å². The van der Waals surface area contributed by atoms with Crippen molar-refractivity contribution in [2.75, 3.05) is 26.2 Å². The summed E-state index contributed by atoms with van der Waals surface area (Å²) in [7, 11) is -3.57. The minimum absolute atomic E-state index is 0.0463. The van der Waals surface area contributed by atoms with Crippen molar-refractivity contribution >= 4 is 21.0 Å². The van der Waals surface area contributed by atoms with Crippen molar-refractivity contribution in [1.82, 2.24) is 9.21 Å². The van der Waals surface area contributed by atoms with Crippen molar-refractivity contribution in [3.05, 3.63) is 30.3 Å². The second-order valence-corrected chi connectivity index (χ2v) is 8.65. The predicted molar refractivity (Wildman–Crippen MR) is 92.2 cm³/mol. The first-order valence-electron chi connectivity index (χ1n) is 8.52. The molecule has 2 saturated heterocycles. The smallest absolute Gasteiger partial charge is 0.276 e. The fourth-order valence-electron chi connectivity index (χ4n) is 3.72. The summed E-state index contributed by atoms with van der Waals surface area (Å²) in [6.07, 6.45) is 2.86. The second-order valence-electron chi connectivity index (χ2n) is 6.78. The van der Waals surface area contributed by atoms with Gasteiger partial charge in [0.15, 0.2) is 0 Å². The normalized spacial score (nSPS) is 24.8. The highest BCUT2D eigenvalue weighted by molar-refractivity contribution is 7.89. The van der Waals surface area contributed by atoms with Crippen molar-refractivity contribution < 1.29 is 12.8 Å². The molecule has 0 radical (unpaired) electrons. The molecule has 2 N–H and O–H groups in total. The lowest BCUT2D eigenvalue weighted by Gasteiger charge is -2.34. The van der Waals surface area contributed by atoms with Gasteiger partial charge in [-0.3, -0.25) is 4.90 Å². The van der Waals surface area contributed by atoms with Crippen molar-refractivity contribution in [1.29, 1.82) is 0 Å². The highest BCUT2D eigenvalue weighted by Crippen LogP contribution is 2.29. The largest absolute Gasteiger partial charge is 0.443 e. The Hall–Kier alpha value is -1.41. The molecular weight excluding hydrogens is 326 g/mol. The molecule has 6 nitrogen and oxygen atoms in total. The molecule has 3 heterocycles. The SMILES string of the molecule is NC1CCN(C2CCN(S(=O)(=O)c3cc4ccccc4o3)C2)CC1. The van der Waals surface area contributed by atoms with E-state index in [1.807, 2.05) is 18.2 Å². The minimum atomic E-state index is -3.57. The topological polar surface area (TPSA) is 79.8 Å². The van der Waals surface area contributed by atoms with Gasteiger partial charge in [-0.05, 0) is 38.4 Å². The third kappa shape index (κ3) is 2.86. The summed E-state index contributed by atoms with van der Waals surface area (Å²) >= 11 is 0. The van der Waals surface area contributed by atoms with Crippen molar-refractivity contribution in [2.45, 2.75) is 36.4 Å². The van der Waals surface area contributed by atoms with Crippen LogP contribution in [0.25, 0.3) is 11.0 Å². The first-order chi connectivity index (χ1) is 11.5. The molecule has 24 heavy (non-hydrogen) atoms. The van der Waals surface area contributed by atoms with E-state index in [1.165, 1.54) is 0 Å². The summed E-state index contributed by atoms with van der Waals surface area (Å²) in [5.41, 5.74) is 6.57. The average Bonchev–Trinajstić information content (AvgIpc) is 3.23. The van der Waals surface area contributed by atoms with E-state index in [4.69, 9.17) is 10.2 Å². The van der Waals surface area contributed by atoms with E-state index < -0.39 is 10.0 Å². The molecule has 0 aliphatic carbocycles. The summed E-state index contributed by atoms with van der Waals surface area (Å²) in [6.45, 7) is 3.01. The van der Waals surface area contributed by atoms with E-state index in [9.17, 15) is 8.42 Å². The molecule has 1 atom stereocenters. The lowest BCUT2D eigenvalue weighted by Crippen LogP contribution is -2.46. The van der Waals surface area contributed by atoms with Crippen LogP contribution < -0.4 is 5.73 Å². The zero-order valence-corrected chi connectivity index (χ0v) is 14.4. The zero-order valence-electron chi connectivity index (χ0n) is 13.6. The van der Waals surface area contributed by atoms with Crippen LogP contribution in [0.15, 0.2) is 39.8 Å². The number of hydrogen-bond acceptors (Lipinski definition) is 5. The standard InChI is InChI=1S/C17H23N3O3S/c18-14-5-8-19(9-6-14)15-7-10-20(12-15)24(21,22)17-11-13-3-1-2-4-16(13)23-17/h1-4,11,14-15H,5-10,12,18H2. The van der Waals surface area contributed by atoms with E-state index in [0.717, 1.165) is 37.7 Å². The number of sulfonamides is 1. The number of benzene rings is 1. The lowest BCUT2D eigenvalue weighted by molar-refractivity contribution is 0.159. The van der Waals surface area contributed by atoms with Crippen LogP contribution in [0.4, 0.5) is 0 Å². The highest BCUT2D eigenvalue weighted by atomic mass is 32.2. The Kier molecular flexibility index (Phi) is 4.12. The average molecular weight is 349 g/mol. The van der Waals surface area contributed by atoms with Crippen LogP contribution in [0, 0.1) is 0 Å². The molecule has 2 aromatic rings. The fourth-order valence-corrected chi connectivity index (χ4v) is 5.16. The minimum Gasteiger partial charge on any atom is -0.443 e. The number of furan rings is 1. The predicted octanol–water partition coefficient (Wildman–Crippen LogP) is 1.62. The van der Waals surface area contributed by atoms with E-state index in [2.05, 4.69) is 4.90 Å². The van der Waals surface area contributed by atoms with Gasteiger partial charge < -0.3 is 10.2 Å². The molecule has 1 unspecified atom stereocenters. The third-order valence-electron chi connectivity index (χ3n) is 5.21. The number of nitrogens with zero attached hydrogens (tertiary/aromatic N) is 2. The maximum Gasteiger partial charge on any atom is 0.276 e. The number of likely N-dealkylation sites (tertiary alicyclic amines) is 1. The lowest BCUT2D eigenvalue weighted by atomic mass is 10.0. The molecule has 130 valence electrons. The zero-order chi connectivity index (χ0) is 16.7. The Bertz CT molecular complexity index is 791. The maximum atomic E-state index is 12.9. The summed E-state index contributed by atoms with van der Waals surface area (Å²) in [4.78, 5) is 2.39. The quantitative estimate of drug-likeness (QED) is 0.911. The molecule has 2 aliphatic heterocycles. The number of fused-ring (bicyclic) bond motifs is 1. The van der Waals surface area contributed by atoms with Crippen LogP contribution in [0.2, 0.25) is 0 Å². The Balaban J connectivity index is 1.51. The molecule has 2 aliphatic rings. The Morgan fingerprint density at radius 3 is 2.58 bits per heavy atom. The van der Waals surface area contributed by atoms with Gasteiger partial charge in [0.05, 0.1) is 0 Å². The summed E-state index contributed by atoms with van der Waals surface area (Å²) < 4.78 is 32.9. The summed E-state index contributed by atoms with van der Waals surface area (Å²) in [5.74, 6) is 0. The van der Waals surface area contributed by atoms with E-state index >= 15 is 0 Å². The van der Waals surface area contributed by atoms with Gasteiger partial charge in [-0.1, -0.05) is 18.2 Å². The van der Waals surface area contributed by atoms with Crippen LogP contribution in [0.1, 0.15) is 19.3 Å². The van der Waals surface area contributed by atoms with Crippen LogP contribution in [-0.2, 0) is 10.0 Å². The molecule has 2 fully saturated rings. The van der Waals surface area contributed by atoms with Gasteiger partial charge in [-0.15, -0.1) is 0 Å². The number of rotatable bonds is 3. The van der Waals surface area contributed by atoms with Gasteiger partial charge in [-0.25, -0.2) is 8.42 Å². The molecule has 7 heteroatoms. The summed E-state index contributed by atoms with van der Waals surface area (Å²) in [6, 6.07) is 9.57. The van der Waals surface area contributed by atoms with Crippen LogP contribution in [0.3, 0.4) is 0 Å². The molecule has 0 saturated carbocycles. The molecule has 4 rings (SSSR count). The first kappa shape index (κ1) is 16.1. The monoisotopic (exact) mass is 349 g/mol. The fraction of sp³-hybridized carbons (Fsp3) is 0.529. The van der Waals surface area contributed by atoms with Crippen molar-refractivity contribution in [2.24, 2.45) is 5.73 Å². The number of hydrogen-bond donors (Lipinski definition) is 1. The van der Waals surface area contributed by atoms with Crippen molar-refractivity contribution in [3.63, 3.8) is 0 Å². The number of piperidine rings is 1. The second kappa shape index (κ2) is 6.15. The molecule has 0 amide bonds. The van der Waals surface area contributed by atoms with E-state index in [-0.39, 0.29) is 17.2 Å². The van der Waals surface area contributed by atoms with Gasteiger partial charge in [-0.2, -0.15) is 4.31 Å². The van der Waals surface area contributed by atoms with Crippen LogP contribution >= 0.6 is 0 Å². The molecule has 0 spiro atoms. The van der Waals surface area contributed by atoms with Gasteiger partial charge >= 0.3 is 0 Å². The number of para-hydroxylation sites is 1.